The SMILES string of the molecule is O=C(NC[C@@H](c1ccccc1)S(=O)(=O)c1cccs1)C1CC1. The molecule has 1 aliphatic carbocycles. The van der Waals surface area contributed by atoms with Gasteiger partial charge in [-0.2, -0.15) is 0 Å². The van der Waals surface area contributed by atoms with Crippen LogP contribution in [-0.4, -0.2) is 20.9 Å². The average molecular weight is 335 g/mol. The molecule has 1 N–H and O–H groups in total. The maximum atomic E-state index is 12.9. The molecule has 1 atom stereocenters. The second-order valence-corrected chi connectivity index (χ2v) is 8.70. The minimum atomic E-state index is -3.51. The van der Waals surface area contributed by atoms with Crippen LogP contribution in [0.1, 0.15) is 23.7 Å². The number of carbonyl (C=O) groups is 1. The van der Waals surface area contributed by atoms with Crippen LogP contribution in [0.4, 0.5) is 0 Å². The van der Waals surface area contributed by atoms with Crippen molar-refractivity contribution in [3.63, 3.8) is 0 Å². The molecule has 22 heavy (non-hydrogen) atoms. The van der Waals surface area contributed by atoms with Gasteiger partial charge in [0.05, 0.1) is 0 Å². The molecule has 0 saturated heterocycles. The van der Waals surface area contributed by atoms with Crippen LogP contribution < -0.4 is 5.32 Å². The molecule has 1 aromatic heterocycles. The zero-order valence-electron chi connectivity index (χ0n) is 11.9. The van der Waals surface area contributed by atoms with Crippen molar-refractivity contribution in [2.75, 3.05) is 6.54 Å². The van der Waals surface area contributed by atoms with E-state index in [1.165, 1.54) is 11.3 Å². The van der Waals surface area contributed by atoms with Crippen molar-refractivity contribution in [2.24, 2.45) is 5.92 Å². The lowest BCUT2D eigenvalue weighted by atomic mass is 10.1. The molecule has 0 radical (unpaired) electrons. The van der Waals surface area contributed by atoms with Gasteiger partial charge in [-0.15, -0.1) is 11.3 Å². The number of hydrogen-bond donors (Lipinski definition) is 1. The minimum Gasteiger partial charge on any atom is -0.354 e. The highest BCUT2D eigenvalue weighted by atomic mass is 32.2. The first-order chi connectivity index (χ1) is 10.6. The molecule has 0 unspecified atom stereocenters. The number of sulfone groups is 1. The highest BCUT2D eigenvalue weighted by Gasteiger charge is 2.33. The second kappa shape index (κ2) is 6.22. The quantitative estimate of drug-likeness (QED) is 0.883. The summed E-state index contributed by atoms with van der Waals surface area (Å²) in [7, 11) is -3.51. The lowest BCUT2D eigenvalue weighted by Gasteiger charge is -2.18. The van der Waals surface area contributed by atoms with Gasteiger partial charge in [0.25, 0.3) is 0 Å². The van der Waals surface area contributed by atoms with Gasteiger partial charge in [0, 0.05) is 12.5 Å². The van der Waals surface area contributed by atoms with Gasteiger partial charge in [0.2, 0.25) is 5.91 Å². The predicted molar refractivity (Wildman–Crippen MR) is 86.4 cm³/mol. The molecule has 1 heterocycles. The van der Waals surface area contributed by atoms with Crippen molar-refractivity contribution < 1.29 is 13.2 Å². The van der Waals surface area contributed by atoms with E-state index in [0.29, 0.717) is 9.77 Å². The molecule has 1 amide bonds. The zero-order valence-corrected chi connectivity index (χ0v) is 13.6. The number of benzene rings is 1. The summed E-state index contributed by atoms with van der Waals surface area (Å²) in [6.45, 7) is 0.111. The fourth-order valence-corrected chi connectivity index (χ4v) is 5.19. The fourth-order valence-electron chi connectivity index (χ4n) is 2.32. The molecule has 1 saturated carbocycles. The second-order valence-electron chi connectivity index (χ2n) is 5.40. The lowest BCUT2D eigenvalue weighted by molar-refractivity contribution is -0.122. The molecule has 0 bridgehead atoms. The van der Waals surface area contributed by atoms with Crippen molar-refractivity contribution >= 4 is 27.1 Å². The Hall–Kier alpha value is -1.66. The maximum absolute atomic E-state index is 12.9. The summed E-state index contributed by atoms with van der Waals surface area (Å²) < 4.78 is 26.0. The molecular weight excluding hydrogens is 318 g/mol. The molecule has 0 spiro atoms. The molecule has 0 aliphatic heterocycles. The molecular formula is C16H17NO3S2. The standard InChI is InChI=1S/C16H17NO3S2/c18-16(13-8-9-13)17-11-14(12-5-2-1-3-6-12)22(19,20)15-7-4-10-21-15/h1-7,10,13-14H,8-9,11H2,(H,17,18)/t14-/m0/s1. The van der Waals surface area contributed by atoms with Gasteiger partial charge in [-0.3, -0.25) is 4.79 Å². The number of carbonyl (C=O) groups excluding carboxylic acids is 1. The molecule has 1 fully saturated rings. The van der Waals surface area contributed by atoms with Gasteiger partial charge >= 0.3 is 0 Å². The number of rotatable bonds is 6. The van der Waals surface area contributed by atoms with E-state index in [2.05, 4.69) is 5.32 Å². The Bertz CT molecular complexity index is 735. The summed E-state index contributed by atoms with van der Waals surface area (Å²) in [5.74, 6) is 0.0307. The summed E-state index contributed by atoms with van der Waals surface area (Å²) in [4.78, 5) is 11.9. The third-order valence-corrected chi connectivity index (χ3v) is 7.26. The molecule has 3 rings (SSSR count). The maximum Gasteiger partial charge on any atom is 0.223 e. The molecule has 6 heteroatoms. The lowest BCUT2D eigenvalue weighted by Crippen LogP contribution is -2.32. The third kappa shape index (κ3) is 3.23. The summed E-state index contributed by atoms with van der Waals surface area (Å²) in [6.07, 6.45) is 1.80. The van der Waals surface area contributed by atoms with E-state index in [-0.39, 0.29) is 18.4 Å². The van der Waals surface area contributed by atoms with Crippen molar-refractivity contribution in [2.45, 2.75) is 22.3 Å². The fraction of sp³-hybridized carbons (Fsp3) is 0.312. The van der Waals surface area contributed by atoms with Crippen LogP contribution in [0.25, 0.3) is 0 Å². The third-order valence-electron chi connectivity index (χ3n) is 3.73. The van der Waals surface area contributed by atoms with Crippen LogP contribution in [0.3, 0.4) is 0 Å². The van der Waals surface area contributed by atoms with E-state index >= 15 is 0 Å². The van der Waals surface area contributed by atoms with E-state index in [1.807, 2.05) is 18.2 Å². The van der Waals surface area contributed by atoms with Crippen molar-refractivity contribution in [3.05, 3.63) is 53.4 Å². The minimum absolute atomic E-state index is 0.0395. The van der Waals surface area contributed by atoms with Gasteiger partial charge in [-0.25, -0.2) is 8.42 Å². The summed E-state index contributed by atoms with van der Waals surface area (Å²) in [5.41, 5.74) is 0.701. The van der Waals surface area contributed by atoms with E-state index in [1.54, 1.807) is 29.6 Å². The zero-order chi connectivity index (χ0) is 15.6. The van der Waals surface area contributed by atoms with Gasteiger partial charge in [-0.1, -0.05) is 36.4 Å². The van der Waals surface area contributed by atoms with Crippen molar-refractivity contribution in [1.82, 2.24) is 5.32 Å². The summed E-state index contributed by atoms with van der Waals surface area (Å²) in [6, 6.07) is 12.4. The van der Waals surface area contributed by atoms with Gasteiger partial charge in [-0.05, 0) is 29.9 Å². The van der Waals surface area contributed by atoms with Gasteiger partial charge in [0.15, 0.2) is 9.84 Å². The molecule has 116 valence electrons. The Morgan fingerprint density at radius 1 is 1.18 bits per heavy atom. The number of hydrogen-bond acceptors (Lipinski definition) is 4. The van der Waals surface area contributed by atoms with E-state index in [0.717, 1.165) is 12.8 Å². The highest BCUT2D eigenvalue weighted by molar-refractivity contribution is 7.93. The number of amides is 1. The molecule has 4 nitrogen and oxygen atoms in total. The van der Waals surface area contributed by atoms with E-state index in [4.69, 9.17) is 0 Å². The monoisotopic (exact) mass is 335 g/mol. The van der Waals surface area contributed by atoms with Crippen LogP contribution in [-0.2, 0) is 14.6 Å². The molecule has 1 aromatic carbocycles. The summed E-state index contributed by atoms with van der Waals surface area (Å²) in [5, 5.41) is 3.79. The van der Waals surface area contributed by atoms with Crippen LogP contribution in [0.2, 0.25) is 0 Å². The Balaban J connectivity index is 1.87. The van der Waals surface area contributed by atoms with Crippen molar-refractivity contribution in [3.8, 4) is 0 Å². The Kier molecular flexibility index (Phi) is 4.31. The van der Waals surface area contributed by atoms with Crippen LogP contribution in [0.5, 0.6) is 0 Å². The van der Waals surface area contributed by atoms with E-state index < -0.39 is 15.1 Å². The first-order valence-corrected chi connectivity index (χ1v) is 9.61. The van der Waals surface area contributed by atoms with Crippen LogP contribution in [0, 0.1) is 5.92 Å². The van der Waals surface area contributed by atoms with Crippen LogP contribution in [0.15, 0.2) is 52.1 Å². The number of nitrogens with one attached hydrogen (secondary N) is 1. The molecule has 1 aliphatic rings. The van der Waals surface area contributed by atoms with E-state index in [9.17, 15) is 13.2 Å². The van der Waals surface area contributed by atoms with Crippen LogP contribution >= 0.6 is 11.3 Å². The first kappa shape index (κ1) is 15.2. The Labute approximate surface area is 134 Å². The Morgan fingerprint density at radius 2 is 1.91 bits per heavy atom. The smallest absolute Gasteiger partial charge is 0.223 e. The number of thiophene rings is 1. The highest BCUT2D eigenvalue weighted by Crippen LogP contribution is 2.32. The normalized spacial score (nSPS) is 16.2. The Morgan fingerprint density at radius 3 is 2.50 bits per heavy atom. The van der Waals surface area contributed by atoms with Crippen molar-refractivity contribution in [1.29, 1.82) is 0 Å². The summed E-state index contributed by atoms with van der Waals surface area (Å²) >= 11 is 1.21. The topological polar surface area (TPSA) is 63.2 Å². The first-order valence-electron chi connectivity index (χ1n) is 7.19. The average Bonchev–Trinajstić information content (AvgIpc) is 3.22. The van der Waals surface area contributed by atoms with Gasteiger partial charge in [0.1, 0.15) is 9.46 Å². The molecule has 2 aromatic rings. The van der Waals surface area contributed by atoms with Gasteiger partial charge < -0.3 is 5.32 Å². The largest absolute Gasteiger partial charge is 0.354 e. The predicted octanol–water partition coefficient (Wildman–Crippen LogP) is 2.79.